The van der Waals surface area contributed by atoms with Crippen LogP contribution in [0.25, 0.3) is 0 Å². The second kappa shape index (κ2) is 5.59. The smallest absolute Gasteiger partial charge is 0.235 e. The van der Waals surface area contributed by atoms with E-state index >= 15 is 0 Å². The van der Waals surface area contributed by atoms with Gasteiger partial charge in [-0.05, 0) is 13.8 Å². The molecule has 0 unspecified atom stereocenters. The lowest BCUT2D eigenvalue weighted by Gasteiger charge is -2.15. The topological polar surface area (TPSA) is 60.1 Å². The third kappa shape index (κ3) is 3.97. The van der Waals surface area contributed by atoms with Crippen molar-refractivity contribution in [1.82, 2.24) is 5.01 Å². The number of hydrazine groups is 1. The Kier molecular flexibility index (Phi) is 5.11. The van der Waals surface area contributed by atoms with Gasteiger partial charge >= 0.3 is 0 Å². The Balaban J connectivity index is 3.82. The highest BCUT2D eigenvalue weighted by molar-refractivity contribution is 4.41. The molecule has 6 heteroatoms. The largest absolute Gasteiger partial charge is 0.569 e. The first kappa shape index (κ1) is 11.0. The van der Waals surface area contributed by atoms with Crippen molar-refractivity contribution < 1.29 is 14.5 Å². The molecule has 0 spiro atoms. The lowest BCUT2D eigenvalue weighted by molar-refractivity contribution is -0.712. The van der Waals surface area contributed by atoms with Crippen LogP contribution in [0.1, 0.15) is 13.8 Å². The van der Waals surface area contributed by atoms with Gasteiger partial charge in [-0.25, -0.2) is 0 Å². The maximum atomic E-state index is 11.0. The summed E-state index contributed by atoms with van der Waals surface area (Å²) in [5, 5.41) is 15.6. The van der Waals surface area contributed by atoms with Crippen molar-refractivity contribution >= 4 is 0 Å². The molecule has 0 N–H and O–H groups in total. The summed E-state index contributed by atoms with van der Waals surface area (Å²) in [4.78, 5) is 4.87. The van der Waals surface area contributed by atoms with Gasteiger partial charge in [0.1, 0.15) is 0 Å². The highest BCUT2D eigenvalue weighted by Crippen LogP contribution is 1.94. The zero-order chi connectivity index (χ0) is 9.56. The summed E-state index contributed by atoms with van der Waals surface area (Å²) in [7, 11) is 3.08. The van der Waals surface area contributed by atoms with Gasteiger partial charge in [0, 0.05) is 7.11 Å². The first-order chi connectivity index (χ1) is 5.59. The van der Waals surface area contributed by atoms with Crippen LogP contribution in [-0.4, -0.2) is 37.0 Å². The van der Waals surface area contributed by atoms with Gasteiger partial charge in [0.2, 0.25) is 12.1 Å². The second-order valence-electron chi connectivity index (χ2n) is 2.54. The number of rotatable bonds is 5. The van der Waals surface area contributed by atoms with Crippen LogP contribution in [0.2, 0.25) is 0 Å². The Morgan fingerprint density at radius 3 is 2.58 bits per heavy atom. The molecule has 0 aliphatic carbocycles. The average molecular weight is 177 g/mol. The van der Waals surface area contributed by atoms with Gasteiger partial charge < -0.3 is 14.8 Å². The van der Waals surface area contributed by atoms with Crippen LogP contribution >= 0.6 is 0 Å². The van der Waals surface area contributed by atoms with Gasteiger partial charge in [-0.3, -0.25) is 0 Å². The van der Waals surface area contributed by atoms with Gasteiger partial charge in [0.15, 0.2) is 0 Å². The van der Waals surface area contributed by atoms with Gasteiger partial charge in [0.05, 0.1) is 18.1 Å². The lowest BCUT2D eigenvalue weighted by atomic mass is 10.4. The summed E-state index contributed by atoms with van der Waals surface area (Å²) in [6, 6.07) is 0.0809. The molecule has 0 atom stereocenters. The number of hydrogen-bond acceptors (Lipinski definition) is 4. The minimum Gasteiger partial charge on any atom is -0.569 e. The summed E-state index contributed by atoms with van der Waals surface area (Å²) in [5.74, 6) is 0. The molecular weight excluding hydrogens is 162 g/mol. The number of ether oxygens (including phenoxy) is 1. The minimum atomic E-state index is -0.0231. The van der Waals surface area contributed by atoms with E-state index in [9.17, 15) is 5.21 Å². The normalized spacial score (nSPS) is 11.9. The van der Waals surface area contributed by atoms with E-state index in [1.807, 2.05) is 13.8 Å². The molecule has 6 nitrogen and oxygen atoms in total. The van der Waals surface area contributed by atoms with Gasteiger partial charge in [-0.15, -0.1) is 5.01 Å². The molecule has 0 saturated carbocycles. The zero-order valence-electron chi connectivity index (χ0n) is 7.85. The van der Waals surface area contributed by atoms with Crippen molar-refractivity contribution in [1.29, 1.82) is 0 Å². The van der Waals surface area contributed by atoms with Gasteiger partial charge in [-0.2, -0.15) is 0 Å². The maximum Gasteiger partial charge on any atom is 0.235 e. The highest BCUT2D eigenvalue weighted by Gasteiger charge is 2.09. The van der Waals surface area contributed by atoms with Crippen LogP contribution in [0.5, 0.6) is 0 Å². The van der Waals surface area contributed by atoms with Crippen molar-refractivity contribution in [2.24, 2.45) is 5.28 Å². The first-order valence-corrected chi connectivity index (χ1v) is 3.61. The summed E-state index contributed by atoms with van der Waals surface area (Å²) in [5.41, 5.74) is 0. The standard InChI is InChI=1S/C6H15N3O3/c1-6(2)8(3)9(10)7-12-5-11-4/h6H,5H2,1-4H3/b9-7-. The Morgan fingerprint density at radius 2 is 2.17 bits per heavy atom. The van der Waals surface area contributed by atoms with E-state index in [0.717, 1.165) is 0 Å². The van der Waals surface area contributed by atoms with Crippen LogP contribution in [0.15, 0.2) is 5.28 Å². The molecule has 0 fully saturated rings. The highest BCUT2D eigenvalue weighted by atomic mass is 16.8. The van der Waals surface area contributed by atoms with E-state index in [2.05, 4.69) is 14.9 Å². The Labute approximate surface area is 71.9 Å². The second-order valence-corrected chi connectivity index (χ2v) is 2.54. The molecule has 0 rings (SSSR count). The quantitative estimate of drug-likeness (QED) is 0.204. The monoisotopic (exact) mass is 177 g/mol. The Bertz CT molecular complexity index is 149. The molecule has 0 saturated heterocycles. The van der Waals surface area contributed by atoms with Crippen molar-refractivity contribution in [3.05, 3.63) is 5.21 Å². The van der Waals surface area contributed by atoms with Crippen LogP contribution < -0.4 is 0 Å². The van der Waals surface area contributed by atoms with Crippen molar-refractivity contribution in [2.45, 2.75) is 19.9 Å². The van der Waals surface area contributed by atoms with Crippen molar-refractivity contribution in [2.75, 3.05) is 21.0 Å². The molecule has 0 aromatic heterocycles. The summed E-state index contributed by atoms with van der Waals surface area (Å²) >= 11 is 0. The van der Waals surface area contributed by atoms with E-state index in [-0.39, 0.29) is 12.8 Å². The molecule has 72 valence electrons. The molecule has 0 aliphatic heterocycles. The van der Waals surface area contributed by atoms with E-state index in [1.165, 1.54) is 12.1 Å². The first-order valence-electron chi connectivity index (χ1n) is 3.61. The maximum absolute atomic E-state index is 11.0. The molecule has 0 radical (unpaired) electrons. The summed E-state index contributed by atoms with van der Waals surface area (Å²) in [6.07, 6.45) is 0. The third-order valence-electron chi connectivity index (χ3n) is 1.32. The molecule has 0 heterocycles. The van der Waals surface area contributed by atoms with Crippen molar-refractivity contribution in [3.8, 4) is 0 Å². The average Bonchev–Trinajstić information content (AvgIpc) is 2.03. The van der Waals surface area contributed by atoms with Crippen molar-refractivity contribution in [3.63, 3.8) is 0 Å². The number of nitrogens with zero attached hydrogens (tertiary/aromatic N) is 3. The van der Waals surface area contributed by atoms with Crippen LogP contribution in [0.3, 0.4) is 0 Å². The third-order valence-corrected chi connectivity index (χ3v) is 1.32. The Hall–Kier alpha value is -1.04. The van der Waals surface area contributed by atoms with E-state index in [0.29, 0.717) is 4.97 Å². The molecule has 12 heavy (non-hydrogen) atoms. The predicted molar refractivity (Wildman–Crippen MR) is 41.9 cm³/mol. The van der Waals surface area contributed by atoms with Crippen LogP contribution in [0.4, 0.5) is 0 Å². The number of methoxy groups -OCH3 is 1. The molecule has 0 aromatic carbocycles. The van der Waals surface area contributed by atoms with Gasteiger partial charge in [0.25, 0.3) is 0 Å². The molecular formula is C6H15N3O3. The molecule has 0 aliphatic rings. The lowest BCUT2D eigenvalue weighted by Crippen LogP contribution is -2.32. The van der Waals surface area contributed by atoms with Gasteiger partial charge in [-0.1, -0.05) is 0 Å². The van der Waals surface area contributed by atoms with E-state index < -0.39 is 0 Å². The Morgan fingerprint density at radius 1 is 1.58 bits per heavy atom. The minimum absolute atomic E-state index is 0.0231. The van der Waals surface area contributed by atoms with E-state index in [1.54, 1.807) is 7.05 Å². The molecule has 0 bridgehead atoms. The summed E-state index contributed by atoms with van der Waals surface area (Å²) < 4.78 is 4.53. The number of hydrogen-bond donors (Lipinski definition) is 0. The molecule has 0 aromatic rings. The van der Waals surface area contributed by atoms with Crippen LogP contribution in [-0.2, 0) is 9.57 Å². The summed E-state index contributed by atoms with van der Waals surface area (Å²) in [6.45, 7) is 3.72. The SMILES string of the molecule is COCO/N=[N+](\[O-])N(C)C(C)C. The fourth-order valence-corrected chi connectivity index (χ4v) is 0.381. The zero-order valence-corrected chi connectivity index (χ0v) is 7.85. The predicted octanol–water partition coefficient (Wildman–Crippen LogP) is 0.740. The van der Waals surface area contributed by atoms with E-state index in [4.69, 9.17) is 0 Å². The van der Waals surface area contributed by atoms with Crippen LogP contribution in [0, 0.1) is 5.21 Å². The fraction of sp³-hybridized carbons (Fsp3) is 1.00. The molecule has 0 amide bonds. The fourth-order valence-electron chi connectivity index (χ4n) is 0.381.